The minimum atomic E-state index is 0.677. The van der Waals surface area contributed by atoms with Crippen molar-refractivity contribution >= 4 is 17.3 Å². The minimum Gasteiger partial charge on any atom is -0.363 e. The molecular weight excluding hydrogens is 284 g/mol. The first-order valence-corrected chi connectivity index (χ1v) is 7.61. The molecule has 2 aromatic heterocycles. The fourth-order valence-electron chi connectivity index (χ4n) is 1.95. The van der Waals surface area contributed by atoms with Gasteiger partial charge in [0.15, 0.2) is 5.11 Å². The van der Waals surface area contributed by atoms with E-state index in [-0.39, 0.29) is 0 Å². The van der Waals surface area contributed by atoms with E-state index in [1.165, 1.54) is 0 Å². The monoisotopic (exact) mass is 306 g/mol. The zero-order chi connectivity index (χ0) is 15.1. The minimum absolute atomic E-state index is 0.677. The van der Waals surface area contributed by atoms with Gasteiger partial charge in [-0.25, -0.2) is 0 Å². The molecule has 0 saturated heterocycles. The van der Waals surface area contributed by atoms with Crippen LogP contribution in [0.4, 0.5) is 0 Å². The van der Waals surface area contributed by atoms with E-state index in [4.69, 9.17) is 12.2 Å². The Balaban J connectivity index is 1.59. The maximum absolute atomic E-state index is 5.25. The van der Waals surface area contributed by atoms with E-state index < -0.39 is 0 Å². The van der Waals surface area contributed by atoms with E-state index in [1.807, 2.05) is 40.9 Å². The second-order valence-corrected chi connectivity index (χ2v) is 5.30. The van der Waals surface area contributed by atoms with Gasteiger partial charge in [-0.1, -0.05) is 0 Å². The smallest absolute Gasteiger partial charge is 0.166 e. The van der Waals surface area contributed by atoms with Crippen molar-refractivity contribution in [2.45, 2.75) is 39.9 Å². The van der Waals surface area contributed by atoms with E-state index in [2.05, 4.69) is 27.8 Å². The molecule has 0 amide bonds. The first-order chi connectivity index (χ1) is 10.2. The van der Waals surface area contributed by atoms with Gasteiger partial charge < -0.3 is 10.6 Å². The van der Waals surface area contributed by atoms with Crippen molar-refractivity contribution in [3.63, 3.8) is 0 Å². The first kappa shape index (κ1) is 15.5. The number of aromatic nitrogens is 4. The van der Waals surface area contributed by atoms with Gasteiger partial charge in [0.25, 0.3) is 0 Å². The Morgan fingerprint density at radius 1 is 1.33 bits per heavy atom. The molecule has 0 aliphatic carbocycles. The van der Waals surface area contributed by atoms with Gasteiger partial charge in [0.1, 0.15) is 0 Å². The zero-order valence-electron chi connectivity index (χ0n) is 12.5. The van der Waals surface area contributed by atoms with Gasteiger partial charge in [-0.2, -0.15) is 10.2 Å². The van der Waals surface area contributed by atoms with Crippen molar-refractivity contribution in [1.29, 1.82) is 0 Å². The summed E-state index contributed by atoms with van der Waals surface area (Å²) >= 11 is 5.25. The Kier molecular flexibility index (Phi) is 5.74. The zero-order valence-corrected chi connectivity index (χ0v) is 13.4. The van der Waals surface area contributed by atoms with E-state index in [1.54, 1.807) is 0 Å². The van der Waals surface area contributed by atoms with Crippen molar-refractivity contribution in [1.82, 2.24) is 30.2 Å². The summed E-state index contributed by atoms with van der Waals surface area (Å²) in [5.74, 6) is 0. The highest BCUT2D eigenvalue weighted by Gasteiger charge is 2.00. The van der Waals surface area contributed by atoms with Crippen molar-refractivity contribution in [2.24, 2.45) is 0 Å². The standard InChI is InChI=1S/C14H22N6S/c1-3-19-11-13(10-17-19)9-16-14(21)15-6-4-7-20-8-5-12(2)18-20/h5,8,10-11H,3-4,6-7,9H2,1-2H3,(H2,15,16,21). The molecule has 0 bridgehead atoms. The Morgan fingerprint density at radius 2 is 2.19 bits per heavy atom. The highest BCUT2D eigenvalue weighted by atomic mass is 32.1. The Morgan fingerprint density at radius 3 is 2.86 bits per heavy atom. The van der Waals surface area contributed by atoms with E-state index in [0.717, 1.165) is 37.3 Å². The van der Waals surface area contributed by atoms with Crippen LogP contribution in [-0.2, 0) is 19.6 Å². The molecule has 2 rings (SSSR count). The number of hydrogen-bond acceptors (Lipinski definition) is 3. The van der Waals surface area contributed by atoms with Crippen LogP contribution in [0.3, 0.4) is 0 Å². The SMILES string of the molecule is CCn1cc(CNC(=S)NCCCn2ccc(C)n2)cn1. The van der Waals surface area contributed by atoms with Gasteiger partial charge in [0.05, 0.1) is 11.9 Å². The van der Waals surface area contributed by atoms with E-state index in [9.17, 15) is 0 Å². The van der Waals surface area contributed by atoms with Crippen LogP contribution in [0.15, 0.2) is 24.7 Å². The number of aryl methyl sites for hydroxylation is 3. The molecule has 0 unspecified atom stereocenters. The van der Waals surface area contributed by atoms with Crippen LogP contribution < -0.4 is 10.6 Å². The van der Waals surface area contributed by atoms with E-state index >= 15 is 0 Å². The van der Waals surface area contributed by atoms with Crippen LogP contribution in [0, 0.1) is 6.92 Å². The Hall–Kier alpha value is -1.89. The molecule has 0 aliphatic heterocycles. The molecule has 0 saturated carbocycles. The van der Waals surface area contributed by atoms with Crippen molar-refractivity contribution in [2.75, 3.05) is 6.54 Å². The average molecular weight is 306 g/mol. The second-order valence-electron chi connectivity index (χ2n) is 4.89. The molecule has 0 aliphatic rings. The molecule has 0 fully saturated rings. The van der Waals surface area contributed by atoms with Crippen LogP contribution in [0.5, 0.6) is 0 Å². The normalized spacial score (nSPS) is 10.6. The van der Waals surface area contributed by atoms with Gasteiger partial charge in [0, 0.05) is 44.1 Å². The van der Waals surface area contributed by atoms with Gasteiger partial charge >= 0.3 is 0 Å². The Labute approximate surface area is 130 Å². The molecule has 0 atom stereocenters. The molecule has 2 heterocycles. The molecule has 0 aromatic carbocycles. The van der Waals surface area contributed by atoms with Gasteiger partial charge in [-0.15, -0.1) is 0 Å². The summed E-state index contributed by atoms with van der Waals surface area (Å²) in [6.07, 6.45) is 6.86. The first-order valence-electron chi connectivity index (χ1n) is 7.20. The summed E-state index contributed by atoms with van der Waals surface area (Å²) in [6, 6.07) is 2.01. The third kappa shape index (κ3) is 5.18. The molecule has 0 spiro atoms. The van der Waals surface area contributed by atoms with Gasteiger partial charge in [0.2, 0.25) is 0 Å². The lowest BCUT2D eigenvalue weighted by molar-refractivity contribution is 0.568. The predicted molar refractivity (Wildman–Crippen MR) is 86.9 cm³/mol. The van der Waals surface area contributed by atoms with Crippen LogP contribution >= 0.6 is 12.2 Å². The van der Waals surface area contributed by atoms with Crippen LogP contribution in [0.2, 0.25) is 0 Å². The number of hydrogen-bond donors (Lipinski definition) is 2. The molecule has 2 N–H and O–H groups in total. The molecule has 0 radical (unpaired) electrons. The predicted octanol–water partition coefficient (Wildman–Crippen LogP) is 1.46. The number of thiocarbonyl (C=S) groups is 1. The lowest BCUT2D eigenvalue weighted by Gasteiger charge is -2.09. The molecule has 6 nitrogen and oxygen atoms in total. The maximum Gasteiger partial charge on any atom is 0.166 e. The van der Waals surface area contributed by atoms with E-state index in [0.29, 0.717) is 11.7 Å². The van der Waals surface area contributed by atoms with Crippen LogP contribution in [0.25, 0.3) is 0 Å². The lowest BCUT2D eigenvalue weighted by Crippen LogP contribution is -2.35. The lowest BCUT2D eigenvalue weighted by atomic mass is 10.3. The van der Waals surface area contributed by atoms with Crippen molar-refractivity contribution in [3.05, 3.63) is 35.9 Å². The molecule has 2 aromatic rings. The highest BCUT2D eigenvalue weighted by Crippen LogP contribution is 1.97. The number of nitrogens with zero attached hydrogens (tertiary/aromatic N) is 4. The van der Waals surface area contributed by atoms with Crippen molar-refractivity contribution < 1.29 is 0 Å². The molecule has 114 valence electrons. The average Bonchev–Trinajstić information content (AvgIpc) is 3.10. The topological polar surface area (TPSA) is 59.7 Å². The fraction of sp³-hybridized carbons (Fsp3) is 0.500. The summed E-state index contributed by atoms with van der Waals surface area (Å²) in [4.78, 5) is 0. The quantitative estimate of drug-likeness (QED) is 0.599. The number of rotatable bonds is 7. The third-order valence-electron chi connectivity index (χ3n) is 3.09. The third-order valence-corrected chi connectivity index (χ3v) is 3.38. The molecular formula is C14H22N6S. The Bertz CT molecular complexity index is 574. The summed E-state index contributed by atoms with van der Waals surface area (Å²) in [5.41, 5.74) is 2.18. The summed E-state index contributed by atoms with van der Waals surface area (Å²) in [6.45, 7) is 7.37. The summed E-state index contributed by atoms with van der Waals surface area (Å²) in [7, 11) is 0. The molecule has 21 heavy (non-hydrogen) atoms. The van der Waals surface area contributed by atoms with Crippen molar-refractivity contribution in [3.8, 4) is 0 Å². The number of nitrogens with one attached hydrogen (secondary N) is 2. The summed E-state index contributed by atoms with van der Waals surface area (Å²) in [5, 5.41) is 15.6. The maximum atomic E-state index is 5.25. The van der Waals surface area contributed by atoms with Crippen LogP contribution in [0.1, 0.15) is 24.6 Å². The summed E-state index contributed by atoms with van der Waals surface area (Å²) < 4.78 is 3.85. The highest BCUT2D eigenvalue weighted by molar-refractivity contribution is 7.80. The van der Waals surface area contributed by atoms with Crippen LogP contribution in [-0.4, -0.2) is 31.2 Å². The second kappa shape index (κ2) is 7.78. The fourth-order valence-corrected chi connectivity index (χ4v) is 2.12. The largest absolute Gasteiger partial charge is 0.363 e. The molecule has 7 heteroatoms. The van der Waals surface area contributed by atoms with Gasteiger partial charge in [-0.05, 0) is 38.6 Å². The van der Waals surface area contributed by atoms with Gasteiger partial charge in [-0.3, -0.25) is 9.36 Å².